The van der Waals surface area contributed by atoms with E-state index in [9.17, 15) is 5.26 Å². The van der Waals surface area contributed by atoms with Gasteiger partial charge in [-0.15, -0.1) is 0 Å². The van der Waals surface area contributed by atoms with E-state index in [0.717, 1.165) is 33.1 Å². The summed E-state index contributed by atoms with van der Waals surface area (Å²) in [4.78, 5) is 9.82. The van der Waals surface area contributed by atoms with E-state index < -0.39 is 0 Å². The fourth-order valence-corrected chi connectivity index (χ4v) is 3.92. The van der Waals surface area contributed by atoms with Crippen LogP contribution in [0.2, 0.25) is 0 Å². The van der Waals surface area contributed by atoms with Crippen LogP contribution >= 0.6 is 0 Å². The maximum Gasteiger partial charge on any atom is 0.204 e. The first kappa shape index (κ1) is 18.7. The number of benzene rings is 2. The molecular weight excluding hydrogens is 392 g/mol. The van der Waals surface area contributed by atoms with E-state index in [2.05, 4.69) is 6.07 Å². The molecule has 0 radical (unpaired) electrons. The number of hydrogen-bond acceptors (Lipinski definition) is 6. The van der Waals surface area contributed by atoms with Crippen molar-refractivity contribution in [2.45, 2.75) is 0 Å². The zero-order chi connectivity index (χ0) is 21.5. The number of imidazole rings is 1. The number of ether oxygens (including phenoxy) is 3. The normalized spacial score (nSPS) is 11.0. The maximum atomic E-state index is 9.18. The Labute approximate surface area is 178 Å². The van der Waals surface area contributed by atoms with Gasteiger partial charge in [-0.3, -0.25) is 4.40 Å². The van der Waals surface area contributed by atoms with Crippen LogP contribution in [0.5, 0.6) is 17.2 Å². The summed E-state index contributed by atoms with van der Waals surface area (Å²) in [6.45, 7) is 0. The molecular formula is C24H18N4O3. The van der Waals surface area contributed by atoms with Crippen molar-refractivity contribution in [3.8, 4) is 34.6 Å². The van der Waals surface area contributed by atoms with E-state index in [0.29, 0.717) is 28.5 Å². The van der Waals surface area contributed by atoms with Crippen LogP contribution in [0.1, 0.15) is 5.56 Å². The first-order chi connectivity index (χ1) is 15.2. The van der Waals surface area contributed by atoms with Gasteiger partial charge in [0, 0.05) is 17.1 Å². The molecule has 0 saturated heterocycles. The van der Waals surface area contributed by atoms with Gasteiger partial charge in [0.1, 0.15) is 11.2 Å². The van der Waals surface area contributed by atoms with Crippen LogP contribution in [0.3, 0.4) is 0 Å². The molecule has 5 rings (SSSR count). The number of hydrogen-bond donors (Lipinski definition) is 0. The molecule has 0 unspecified atom stereocenters. The second-order valence-electron chi connectivity index (χ2n) is 6.93. The monoisotopic (exact) mass is 410 g/mol. The van der Waals surface area contributed by atoms with Gasteiger partial charge in [-0.2, -0.15) is 5.26 Å². The van der Waals surface area contributed by atoms with Gasteiger partial charge in [0.2, 0.25) is 5.75 Å². The smallest absolute Gasteiger partial charge is 0.204 e. The second-order valence-corrected chi connectivity index (χ2v) is 6.93. The summed E-state index contributed by atoms with van der Waals surface area (Å²) in [6.07, 6.45) is 1.93. The fraction of sp³-hybridized carbons (Fsp3) is 0.125. The van der Waals surface area contributed by atoms with Crippen LogP contribution in [0.25, 0.3) is 38.8 Å². The van der Waals surface area contributed by atoms with Crippen LogP contribution in [-0.4, -0.2) is 35.7 Å². The Morgan fingerprint density at radius 2 is 1.68 bits per heavy atom. The molecule has 5 aromatic rings. The van der Waals surface area contributed by atoms with Crippen molar-refractivity contribution in [2.24, 2.45) is 0 Å². The summed E-state index contributed by atoms with van der Waals surface area (Å²) in [5.74, 6) is 1.54. The highest BCUT2D eigenvalue weighted by Crippen LogP contribution is 2.48. The standard InChI is InChI=1S/C24H18N4O3/c1-29-17-12-16-19(23(31-3)22(17)30-2)20(15-9-7-14(13-25)8-10-15)27-24-21(16)26-18-6-4-5-11-28(18)24/h4-12H,1-3H3. The van der Waals surface area contributed by atoms with Crippen LogP contribution in [-0.2, 0) is 0 Å². The summed E-state index contributed by atoms with van der Waals surface area (Å²) >= 11 is 0. The topological polar surface area (TPSA) is 81.7 Å². The van der Waals surface area contributed by atoms with Crippen molar-refractivity contribution >= 4 is 27.6 Å². The number of pyridine rings is 2. The van der Waals surface area contributed by atoms with Crippen molar-refractivity contribution in [3.63, 3.8) is 0 Å². The van der Waals surface area contributed by atoms with Gasteiger partial charge in [-0.05, 0) is 30.3 Å². The third-order valence-electron chi connectivity index (χ3n) is 5.33. The molecule has 0 aliphatic carbocycles. The van der Waals surface area contributed by atoms with Gasteiger partial charge in [-0.1, -0.05) is 18.2 Å². The number of rotatable bonds is 4. The first-order valence-electron chi connectivity index (χ1n) is 9.60. The predicted molar refractivity (Wildman–Crippen MR) is 118 cm³/mol. The van der Waals surface area contributed by atoms with E-state index in [1.165, 1.54) is 0 Å². The van der Waals surface area contributed by atoms with Crippen LogP contribution < -0.4 is 14.2 Å². The number of nitriles is 1. The maximum absolute atomic E-state index is 9.18. The Morgan fingerprint density at radius 3 is 2.35 bits per heavy atom. The molecule has 7 nitrogen and oxygen atoms in total. The third-order valence-corrected chi connectivity index (χ3v) is 5.33. The van der Waals surface area contributed by atoms with Gasteiger partial charge >= 0.3 is 0 Å². The van der Waals surface area contributed by atoms with Crippen LogP contribution in [0.15, 0.2) is 54.7 Å². The lowest BCUT2D eigenvalue weighted by atomic mass is 10.0. The van der Waals surface area contributed by atoms with E-state index >= 15 is 0 Å². The zero-order valence-corrected chi connectivity index (χ0v) is 17.2. The fourth-order valence-electron chi connectivity index (χ4n) is 3.92. The molecule has 3 aromatic heterocycles. The minimum atomic E-state index is 0.484. The molecule has 31 heavy (non-hydrogen) atoms. The molecule has 3 heterocycles. The van der Waals surface area contributed by atoms with Gasteiger partial charge in [0.05, 0.1) is 44.0 Å². The Hall–Kier alpha value is -4.31. The Balaban J connectivity index is 2.01. The van der Waals surface area contributed by atoms with Crippen LogP contribution in [0, 0.1) is 11.3 Å². The molecule has 0 spiro atoms. The minimum absolute atomic E-state index is 0.484. The van der Waals surface area contributed by atoms with Crippen molar-refractivity contribution in [1.82, 2.24) is 14.4 Å². The van der Waals surface area contributed by atoms with Crippen molar-refractivity contribution in [1.29, 1.82) is 5.26 Å². The summed E-state index contributed by atoms with van der Waals surface area (Å²) in [5, 5.41) is 10.8. The third kappa shape index (κ3) is 2.73. The molecule has 0 N–H and O–H groups in total. The minimum Gasteiger partial charge on any atom is -0.493 e. The molecule has 2 aromatic carbocycles. The molecule has 7 heteroatoms. The van der Waals surface area contributed by atoms with Gasteiger partial charge in [-0.25, -0.2) is 9.97 Å². The average Bonchev–Trinajstić information content (AvgIpc) is 3.21. The van der Waals surface area contributed by atoms with E-state index in [1.807, 2.05) is 47.0 Å². The summed E-state index contributed by atoms with van der Waals surface area (Å²) < 4.78 is 18.9. The van der Waals surface area contributed by atoms with E-state index in [1.54, 1.807) is 33.5 Å². The predicted octanol–water partition coefficient (Wildman–Crippen LogP) is 4.60. The molecule has 0 aliphatic rings. The summed E-state index contributed by atoms with van der Waals surface area (Å²) in [7, 11) is 4.75. The number of nitrogens with zero attached hydrogens (tertiary/aromatic N) is 4. The Bertz CT molecular complexity index is 1500. The van der Waals surface area contributed by atoms with E-state index in [4.69, 9.17) is 24.2 Å². The number of aromatic nitrogens is 3. The molecule has 0 bridgehead atoms. The van der Waals surface area contributed by atoms with Crippen molar-refractivity contribution in [3.05, 3.63) is 60.3 Å². The SMILES string of the molecule is COc1cc2c(c(-c3ccc(C#N)cc3)nc3c2nc2ccccn23)c(OC)c1OC. The lowest BCUT2D eigenvalue weighted by Crippen LogP contribution is -1.99. The summed E-state index contributed by atoms with van der Waals surface area (Å²) in [5.41, 5.74) is 4.37. The number of methoxy groups -OCH3 is 3. The number of fused-ring (bicyclic) bond motifs is 5. The highest BCUT2D eigenvalue weighted by molar-refractivity contribution is 6.13. The average molecular weight is 410 g/mol. The second kappa shape index (κ2) is 7.18. The zero-order valence-electron chi connectivity index (χ0n) is 17.2. The molecule has 0 aliphatic heterocycles. The lowest BCUT2D eigenvalue weighted by Gasteiger charge is -2.17. The molecule has 0 fully saturated rings. The quantitative estimate of drug-likeness (QED) is 0.431. The molecule has 0 atom stereocenters. The summed E-state index contributed by atoms with van der Waals surface area (Å²) in [6, 6.07) is 17.2. The Kier molecular flexibility index (Phi) is 4.33. The largest absolute Gasteiger partial charge is 0.493 e. The van der Waals surface area contributed by atoms with E-state index in [-0.39, 0.29) is 0 Å². The Morgan fingerprint density at radius 1 is 0.903 bits per heavy atom. The highest BCUT2D eigenvalue weighted by Gasteiger charge is 2.24. The van der Waals surface area contributed by atoms with Gasteiger partial charge in [0.25, 0.3) is 0 Å². The highest BCUT2D eigenvalue weighted by atomic mass is 16.5. The molecule has 0 amide bonds. The van der Waals surface area contributed by atoms with Crippen molar-refractivity contribution in [2.75, 3.05) is 21.3 Å². The first-order valence-corrected chi connectivity index (χ1v) is 9.60. The molecule has 152 valence electrons. The molecule has 0 saturated carbocycles. The van der Waals surface area contributed by atoms with Crippen molar-refractivity contribution < 1.29 is 14.2 Å². The lowest BCUT2D eigenvalue weighted by molar-refractivity contribution is 0.327. The van der Waals surface area contributed by atoms with Gasteiger partial charge < -0.3 is 14.2 Å². The van der Waals surface area contributed by atoms with Gasteiger partial charge in [0.15, 0.2) is 17.1 Å². The van der Waals surface area contributed by atoms with Crippen LogP contribution in [0.4, 0.5) is 0 Å².